The molecule has 0 bridgehead atoms. The first-order valence-electron chi connectivity index (χ1n) is 8.30. The highest BCUT2D eigenvalue weighted by Crippen LogP contribution is 2.11. The van der Waals surface area contributed by atoms with Crippen molar-refractivity contribution in [2.75, 3.05) is 39.8 Å². The zero-order valence-electron chi connectivity index (χ0n) is 14.1. The highest BCUT2D eigenvalue weighted by Gasteiger charge is 2.23. The fourth-order valence-electron chi connectivity index (χ4n) is 2.83. The van der Waals surface area contributed by atoms with Crippen molar-refractivity contribution in [1.29, 1.82) is 0 Å². The van der Waals surface area contributed by atoms with Gasteiger partial charge in [0.2, 0.25) is 5.91 Å². The van der Waals surface area contributed by atoms with Crippen molar-refractivity contribution in [2.45, 2.75) is 26.3 Å². The van der Waals surface area contributed by atoms with Crippen LogP contribution in [0.25, 0.3) is 0 Å². The first kappa shape index (κ1) is 17.0. The summed E-state index contributed by atoms with van der Waals surface area (Å²) in [5.74, 6) is 0.192. The zero-order chi connectivity index (χ0) is 15.9. The van der Waals surface area contributed by atoms with Gasteiger partial charge >= 0.3 is 0 Å². The molecule has 1 aliphatic rings. The SMILES string of the molecule is CC(C)C(=O)NCC(Cc1ccccc1)N1CCN(C)CC1. The summed E-state index contributed by atoms with van der Waals surface area (Å²) in [5.41, 5.74) is 1.34. The number of carbonyl (C=O) groups is 1. The fraction of sp³-hybridized carbons (Fsp3) is 0.611. The van der Waals surface area contributed by atoms with E-state index in [4.69, 9.17) is 0 Å². The van der Waals surface area contributed by atoms with E-state index < -0.39 is 0 Å². The van der Waals surface area contributed by atoms with Crippen LogP contribution in [0.1, 0.15) is 19.4 Å². The van der Waals surface area contributed by atoms with Gasteiger partial charge in [0.15, 0.2) is 0 Å². The molecule has 1 N–H and O–H groups in total. The highest BCUT2D eigenvalue weighted by atomic mass is 16.1. The van der Waals surface area contributed by atoms with Gasteiger partial charge in [0.05, 0.1) is 0 Å². The Kier molecular flexibility index (Phi) is 6.40. The molecule has 0 spiro atoms. The fourth-order valence-corrected chi connectivity index (χ4v) is 2.83. The average molecular weight is 303 g/mol. The Balaban J connectivity index is 1.98. The molecule has 1 aromatic rings. The Labute approximate surface area is 134 Å². The number of hydrogen-bond donors (Lipinski definition) is 1. The van der Waals surface area contributed by atoms with Gasteiger partial charge in [-0.2, -0.15) is 0 Å². The third kappa shape index (κ3) is 5.11. The summed E-state index contributed by atoms with van der Waals surface area (Å²) in [4.78, 5) is 16.8. The molecule has 1 aliphatic heterocycles. The standard InChI is InChI=1S/C18H29N3O/c1-15(2)18(22)19-14-17(13-16-7-5-4-6-8-16)21-11-9-20(3)10-12-21/h4-8,15,17H,9-14H2,1-3H3,(H,19,22). The van der Waals surface area contributed by atoms with Gasteiger partial charge in [-0.25, -0.2) is 0 Å². The molecule has 0 aromatic heterocycles. The van der Waals surface area contributed by atoms with Crippen LogP contribution in [0.5, 0.6) is 0 Å². The third-order valence-electron chi connectivity index (χ3n) is 4.40. The Morgan fingerprint density at radius 3 is 2.36 bits per heavy atom. The smallest absolute Gasteiger partial charge is 0.222 e. The largest absolute Gasteiger partial charge is 0.354 e. The zero-order valence-corrected chi connectivity index (χ0v) is 14.1. The minimum Gasteiger partial charge on any atom is -0.354 e. The van der Waals surface area contributed by atoms with E-state index in [1.807, 2.05) is 13.8 Å². The van der Waals surface area contributed by atoms with Crippen molar-refractivity contribution in [1.82, 2.24) is 15.1 Å². The molecule has 4 nitrogen and oxygen atoms in total. The third-order valence-corrected chi connectivity index (χ3v) is 4.40. The molecule has 0 radical (unpaired) electrons. The Hall–Kier alpha value is -1.39. The minimum atomic E-state index is 0.0462. The number of amides is 1. The van der Waals surface area contributed by atoms with Gasteiger partial charge in [-0.05, 0) is 19.0 Å². The minimum absolute atomic E-state index is 0.0462. The maximum Gasteiger partial charge on any atom is 0.222 e. The van der Waals surface area contributed by atoms with Crippen molar-refractivity contribution in [3.05, 3.63) is 35.9 Å². The second-order valence-electron chi connectivity index (χ2n) is 6.58. The second-order valence-corrected chi connectivity index (χ2v) is 6.58. The van der Waals surface area contributed by atoms with Crippen LogP contribution >= 0.6 is 0 Å². The Bertz CT molecular complexity index is 453. The van der Waals surface area contributed by atoms with Crippen molar-refractivity contribution in [3.8, 4) is 0 Å². The van der Waals surface area contributed by atoms with Crippen LogP contribution in [-0.2, 0) is 11.2 Å². The monoisotopic (exact) mass is 303 g/mol. The molecule has 2 rings (SSSR count). The number of hydrogen-bond acceptors (Lipinski definition) is 3. The summed E-state index contributed by atoms with van der Waals surface area (Å²) in [7, 11) is 2.17. The van der Waals surface area contributed by atoms with E-state index in [9.17, 15) is 4.79 Å². The molecule has 1 atom stereocenters. The van der Waals surface area contributed by atoms with Crippen molar-refractivity contribution in [2.24, 2.45) is 5.92 Å². The maximum atomic E-state index is 11.9. The lowest BCUT2D eigenvalue weighted by Crippen LogP contribution is -2.53. The van der Waals surface area contributed by atoms with Gasteiger partial charge in [0, 0.05) is 44.7 Å². The van der Waals surface area contributed by atoms with E-state index in [0.717, 1.165) is 39.1 Å². The van der Waals surface area contributed by atoms with Crippen LogP contribution in [-0.4, -0.2) is 61.5 Å². The molecule has 0 saturated carbocycles. The average Bonchev–Trinajstić information content (AvgIpc) is 2.53. The van der Waals surface area contributed by atoms with Crippen molar-refractivity contribution in [3.63, 3.8) is 0 Å². The summed E-state index contributed by atoms with van der Waals surface area (Å²) < 4.78 is 0. The van der Waals surface area contributed by atoms with Gasteiger partial charge in [0.1, 0.15) is 0 Å². The second kappa shape index (κ2) is 8.30. The van der Waals surface area contributed by atoms with Crippen LogP contribution in [0.3, 0.4) is 0 Å². The lowest BCUT2D eigenvalue weighted by Gasteiger charge is -2.38. The summed E-state index contributed by atoms with van der Waals surface area (Å²) in [6.45, 7) is 8.97. The summed E-state index contributed by atoms with van der Waals surface area (Å²) in [6.07, 6.45) is 0.989. The molecule has 1 aromatic carbocycles. The van der Waals surface area contributed by atoms with Crippen LogP contribution in [0.4, 0.5) is 0 Å². The van der Waals surface area contributed by atoms with Gasteiger partial charge in [-0.3, -0.25) is 9.69 Å². The molecule has 1 amide bonds. The summed E-state index contributed by atoms with van der Waals surface area (Å²) >= 11 is 0. The molecule has 1 heterocycles. The van der Waals surface area contributed by atoms with E-state index in [0.29, 0.717) is 6.04 Å². The lowest BCUT2D eigenvalue weighted by molar-refractivity contribution is -0.124. The molecule has 0 aliphatic carbocycles. The molecule has 1 saturated heterocycles. The number of nitrogens with zero attached hydrogens (tertiary/aromatic N) is 2. The molecular weight excluding hydrogens is 274 g/mol. The number of piperazine rings is 1. The summed E-state index contributed by atoms with van der Waals surface area (Å²) in [5, 5.41) is 3.12. The van der Waals surface area contributed by atoms with E-state index >= 15 is 0 Å². The molecule has 22 heavy (non-hydrogen) atoms. The number of nitrogens with one attached hydrogen (secondary N) is 1. The Morgan fingerprint density at radius 1 is 1.14 bits per heavy atom. The van der Waals surface area contributed by atoms with E-state index in [1.54, 1.807) is 0 Å². The predicted molar refractivity (Wildman–Crippen MR) is 90.9 cm³/mol. The van der Waals surface area contributed by atoms with Crippen LogP contribution < -0.4 is 5.32 Å². The number of carbonyl (C=O) groups excluding carboxylic acids is 1. The molecule has 4 heteroatoms. The lowest BCUT2D eigenvalue weighted by atomic mass is 10.0. The highest BCUT2D eigenvalue weighted by molar-refractivity contribution is 5.77. The van der Waals surface area contributed by atoms with Crippen LogP contribution in [0.2, 0.25) is 0 Å². The van der Waals surface area contributed by atoms with Crippen molar-refractivity contribution >= 4 is 5.91 Å². The van der Waals surface area contributed by atoms with Gasteiger partial charge in [-0.1, -0.05) is 44.2 Å². The van der Waals surface area contributed by atoms with Gasteiger partial charge in [-0.15, -0.1) is 0 Å². The number of likely N-dealkylation sites (N-methyl/N-ethyl adjacent to an activating group) is 1. The Morgan fingerprint density at radius 2 is 1.77 bits per heavy atom. The topological polar surface area (TPSA) is 35.6 Å². The first-order chi connectivity index (χ1) is 10.6. The first-order valence-corrected chi connectivity index (χ1v) is 8.30. The normalized spacial score (nSPS) is 18.4. The number of benzene rings is 1. The maximum absolute atomic E-state index is 11.9. The van der Waals surface area contributed by atoms with E-state index in [-0.39, 0.29) is 11.8 Å². The van der Waals surface area contributed by atoms with Crippen LogP contribution in [0, 0.1) is 5.92 Å². The van der Waals surface area contributed by atoms with Crippen molar-refractivity contribution < 1.29 is 4.79 Å². The molecular formula is C18H29N3O. The van der Waals surface area contributed by atoms with Gasteiger partial charge < -0.3 is 10.2 Å². The molecule has 122 valence electrons. The number of rotatable bonds is 6. The quantitative estimate of drug-likeness (QED) is 0.867. The molecule has 1 fully saturated rings. The predicted octanol–water partition coefficient (Wildman–Crippen LogP) is 1.62. The molecule has 1 unspecified atom stereocenters. The van der Waals surface area contributed by atoms with E-state index in [2.05, 4.69) is 52.5 Å². The van der Waals surface area contributed by atoms with Gasteiger partial charge in [0.25, 0.3) is 0 Å². The van der Waals surface area contributed by atoms with Crippen LogP contribution in [0.15, 0.2) is 30.3 Å². The summed E-state index contributed by atoms with van der Waals surface area (Å²) in [6, 6.07) is 10.9. The van der Waals surface area contributed by atoms with E-state index in [1.165, 1.54) is 5.56 Å².